The molecule has 35 heavy (non-hydrogen) atoms. The molecular weight excluding hydrogens is 507 g/mol. The Bertz CT molecular complexity index is 1170. The van der Waals surface area contributed by atoms with E-state index in [1.807, 2.05) is 36.7 Å². The summed E-state index contributed by atoms with van der Waals surface area (Å²) in [7, 11) is 0.151. The quantitative estimate of drug-likeness (QED) is 0.470. The molecular formula is C24H26Cl2N6O2S. The Morgan fingerprint density at radius 3 is 2.46 bits per heavy atom. The lowest BCUT2D eigenvalue weighted by Crippen LogP contribution is -2.46. The number of nitrogens with one attached hydrogen (secondary N) is 1. The molecule has 1 amide bonds. The summed E-state index contributed by atoms with van der Waals surface area (Å²) >= 11 is 12.2. The van der Waals surface area contributed by atoms with Gasteiger partial charge in [0.2, 0.25) is 5.91 Å². The number of hydrogen-bond donors (Lipinski definition) is 1. The Labute approximate surface area is 217 Å². The number of piperazine rings is 1. The van der Waals surface area contributed by atoms with E-state index < -0.39 is 11.0 Å². The number of anilines is 3. The van der Waals surface area contributed by atoms with Crippen LogP contribution in [0.3, 0.4) is 0 Å². The Morgan fingerprint density at radius 2 is 1.77 bits per heavy atom. The minimum absolute atomic E-state index is 0.166. The van der Waals surface area contributed by atoms with Gasteiger partial charge in [-0.25, -0.2) is 13.5 Å². The van der Waals surface area contributed by atoms with Gasteiger partial charge in [-0.15, -0.1) is 0 Å². The van der Waals surface area contributed by atoms with Crippen molar-refractivity contribution >= 4 is 57.3 Å². The highest BCUT2D eigenvalue weighted by Gasteiger charge is 2.19. The van der Waals surface area contributed by atoms with Crippen molar-refractivity contribution in [2.75, 3.05) is 54.9 Å². The molecule has 184 valence electrons. The highest BCUT2D eigenvalue weighted by atomic mass is 35.5. The molecule has 1 atom stereocenters. The zero-order chi connectivity index (χ0) is 24.8. The fraction of sp³-hybridized carbons (Fsp3) is 0.292. The molecule has 1 unspecified atom stereocenters. The number of nitrogens with zero attached hydrogens (tertiary/aromatic N) is 5. The number of carbonyl (C=O) groups excluding carboxylic acids is 1. The fourth-order valence-electron chi connectivity index (χ4n) is 3.75. The lowest BCUT2D eigenvalue weighted by atomic mass is 10.2. The summed E-state index contributed by atoms with van der Waals surface area (Å²) in [5, 5.41) is 3.45. The van der Waals surface area contributed by atoms with Crippen LogP contribution in [0.15, 0.2) is 66.0 Å². The van der Waals surface area contributed by atoms with Crippen LogP contribution in [-0.4, -0.2) is 64.2 Å². The second kappa shape index (κ2) is 11.8. The molecule has 1 N–H and O–H groups in total. The summed E-state index contributed by atoms with van der Waals surface area (Å²) in [6, 6.07) is 12.8. The van der Waals surface area contributed by atoms with Gasteiger partial charge < -0.3 is 15.1 Å². The fourth-order valence-corrected chi connectivity index (χ4v) is 5.35. The minimum atomic E-state index is -1.52. The van der Waals surface area contributed by atoms with E-state index in [4.69, 9.17) is 23.2 Å². The molecule has 1 aliphatic heterocycles. The van der Waals surface area contributed by atoms with E-state index in [1.165, 1.54) is 5.69 Å². The molecule has 1 aromatic carbocycles. The molecule has 3 aromatic rings. The molecule has 8 nitrogen and oxygen atoms in total. The van der Waals surface area contributed by atoms with Crippen molar-refractivity contribution in [2.24, 2.45) is 0 Å². The number of rotatable bonds is 8. The zero-order valence-corrected chi connectivity index (χ0v) is 21.6. The topological polar surface area (TPSA) is 81.7 Å². The number of amides is 1. The van der Waals surface area contributed by atoms with Crippen molar-refractivity contribution in [2.45, 2.75) is 11.3 Å². The molecule has 1 saturated heterocycles. The van der Waals surface area contributed by atoms with Crippen LogP contribution >= 0.6 is 23.2 Å². The molecule has 3 heterocycles. The first-order valence-corrected chi connectivity index (χ1v) is 13.0. The summed E-state index contributed by atoms with van der Waals surface area (Å²) in [4.78, 5) is 26.0. The van der Waals surface area contributed by atoms with Gasteiger partial charge >= 0.3 is 0 Å². The Balaban J connectivity index is 1.24. The number of aromatic nitrogens is 2. The van der Waals surface area contributed by atoms with Gasteiger partial charge in [0, 0.05) is 64.3 Å². The monoisotopic (exact) mass is 532 g/mol. The molecule has 2 aromatic heterocycles. The number of pyridine rings is 2. The number of halogens is 2. The van der Waals surface area contributed by atoms with E-state index in [-0.39, 0.29) is 23.9 Å². The molecule has 0 bridgehead atoms. The highest BCUT2D eigenvalue weighted by Crippen LogP contribution is 2.28. The number of carbonyl (C=O) groups is 1. The molecule has 0 saturated carbocycles. The molecule has 1 aliphatic rings. The maximum absolute atomic E-state index is 12.7. The Morgan fingerprint density at radius 1 is 1.06 bits per heavy atom. The normalized spacial score (nSPS) is 14.7. The van der Waals surface area contributed by atoms with E-state index in [1.54, 1.807) is 35.7 Å². The summed E-state index contributed by atoms with van der Waals surface area (Å²) in [6.45, 7) is 3.82. The highest BCUT2D eigenvalue weighted by molar-refractivity contribution is 7.82. The third-order valence-electron chi connectivity index (χ3n) is 5.70. The number of benzene rings is 1. The maximum atomic E-state index is 12.7. The van der Waals surface area contributed by atoms with Crippen molar-refractivity contribution in [1.29, 1.82) is 0 Å². The van der Waals surface area contributed by atoms with Crippen LogP contribution in [0.25, 0.3) is 0 Å². The maximum Gasteiger partial charge on any atom is 0.225 e. The first-order valence-electron chi connectivity index (χ1n) is 11.2. The van der Waals surface area contributed by atoms with E-state index in [0.717, 1.165) is 32.0 Å². The van der Waals surface area contributed by atoms with Crippen LogP contribution in [0.2, 0.25) is 10.0 Å². The van der Waals surface area contributed by atoms with Gasteiger partial charge in [-0.3, -0.25) is 9.78 Å². The van der Waals surface area contributed by atoms with Crippen LogP contribution in [0.1, 0.15) is 6.42 Å². The molecule has 0 radical (unpaired) electrons. The molecule has 0 aliphatic carbocycles. The largest absolute Gasteiger partial charge is 0.368 e. The average Bonchev–Trinajstić information content (AvgIpc) is 2.89. The van der Waals surface area contributed by atoms with E-state index in [0.29, 0.717) is 15.6 Å². The lowest BCUT2D eigenvalue weighted by molar-refractivity contribution is -0.116. The van der Waals surface area contributed by atoms with Gasteiger partial charge in [-0.05, 0) is 36.4 Å². The van der Waals surface area contributed by atoms with Crippen LogP contribution in [0.5, 0.6) is 0 Å². The van der Waals surface area contributed by atoms with Crippen molar-refractivity contribution in [1.82, 2.24) is 14.3 Å². The second-order valence-electron chi connectivity index (χ2n) is 8.04. The van der Waals surface area contributed by atoms with Gasteiger partial charge in [0.05, 0.1) is 26.8 Å². The van der Waals surface area contributed by atoms with Crippen molar-refractivity contribution in [3.8, 4) is 0 Å². The van der Waals surface area contributed by atoms with Gasteiger partial charge in [0.1, 0.15) is 16.8 Å². The smallest absolute Gasteiger partial charge is 0.225 e. The summed E-state index contributed by atoms with van der Waals surface area (Å²) < 4.78 is 14.3. The van der Waals surface area contributed by atoms with E-state index in [9.17, 15) is 9.00 Å². The van der Waals surface area contributed by atoms with Gasteiger partial charge in [0.15, 0.2) is 0 Å². The zero-order valence-electron chi connectivity index (χ0n) is 19.2. The predicted octanol–water partition coefficient (Wildman–Crippen LogP) is 4.09. The van der Waals surface area contributed by atoms with E-state index in [2.05, 4.69) is 25.1 Å². The first-order chi connectivity index (χ1) is 16.9. The Hall–Kier alpha value is -2.72. The van der Waals surface area contributed by atoms with Crippen LogP contribution in [0, 0.1) is 0 Å². The summed E-state index contributed by atoms with van der Waals surface area (Å²) in [6.07, 6.45) is 5.44. The summed E-state index contributed by atoms with van der Waals surface area (Å²) in [5.41, 5.74) is 1.80. The SMILES string of the molecule is CN(CCC(=O)Nc1ccc(N2CCN(c3ccncc3)CC2)nc1)S(=O)c1cccc(Cl)c1Cl. The Kier molecular flexibility index (Phi) is 8.56. The predicted molar refractivity (Wildman–Crippen MR) is 142 cm³/mol. The van der Waals surface area contributed by atoms with E-state index >= 15 is 0 Å². The standard InChI is InChI=1S/C24H26Cl2N6O2S/c1-30(35(34)21-4-2-3-20(25)24(21)26)12-9-23(33)29-18-5-6-22(28-17-18)32-15-13-31(14-16-32)19-7-10-27-11-8-19/h2-8,10-11,17H,9,12-16H2,1H3,(H,29,33). The van der Waals surface area contributed by atoms with Crippen LogP contribution in [-0.2, 0) is 15.8 Å². The van der Waals surface area contributed by atoms with Gasteiger partial charge in [-0.2, -0.15) is 0 Å². The number of hydrogen-bond acceptors (Lipinski definition) is 6. The third kappa shape index (κ3) is 6.49. The van der Waals surface area contributed by atoms with Crippen molar-refractivity contribution < 1.29 is 9.00 Å². The molecule has 0 spiro atoms. The summed E-state index contributed by atoms with van der Waals surface area (Å²) in [5.74, 6) is 0.692. The van der Waals surface area contributed by atoms with Gasteiger partial charge in [-0.1, -0.05) is 29.3 Å². The molecule has 11 heteroatoms. The minimum Gasteiger partial charge on any atom is -0.368 e. The lowest BCUT2D eigenvalue weighted by Gasteiger charge is -2.36. The van der Waals surface area contributed by atoms with Gasteiger partial charge in [0.25, 0.3) is 0 Å². The van der Waals surface area contributed by atoms with Crippen LogP contribution < -0.4 is 15.1 Å². The third-order valence-corrected chi connectivity index (χ3v) is 8.10. The average molecular weight is 533 g/mol. The first kappa shape index (κ1) is 25.4. The van der Waals surface area contributed by atoms with Crippen LogP contribution in [0.4, 0.5) is 17.2 Å². The molecule has 4 rings (SSSR count). The van der Waals surface area contributed by atoms with Crippen molar-refractivity contribution in [3.63, 3.8) is 0 Å². The molecule has 1 fully saturated rings. The van der Waals surface area contributed by atoms with Crippen molar-refractivity contribution in [3.05, 3.63) is 71.1 Å². The second-order valence-corrected chi connectivity index (χ2v) is 10.4.